The minimum Gasteiger partial charge on any atom is -0.462 e. The highest BCUT2D eigenvalue weighted by molar-refractivity contribution is 5.71. The zero-order valence-electron chi connectivity index (χ0n) is 51.9. The Labute approximate surface area is 489 Å². The van der Waals surface area contributed by atoms with Crippen LogP contribution in [0.2, 0.25) is 0 Å². The molecule has 0 radical (unpaired) electrons. The number of ether oxygens (including phenoxy) is 3. The molecule has 1 unspecified atom stereocenters. The van der Waals surface area contributed by atoms with Crippen LogP contribution in [0, 0.1) is 0 Å². The second-order valence-electron chi connectivity index (χ2n) is 22.0. The van der Waals surface area contributed by atoms with Gasteiger partial charge in [0.15, 0.2) is 6.10 Å². The molecule has 0 aromatic rings. The van der Waals surface area contributed by atoms with Gasteiger partial charge in [0.05, 0.1) is 0 Å². The van der Waals surface area contributed by atoms with Crippen molar-refractivity contribution in [3.8, 4) is 0 Å². The lowest BCUT2D eigenvalue weighted by Crippen LogP contribution is -2.30. The standard InChI is InChI=1S/C73H124O6/c1-4-7-10-13-16-19-22-25-28-31-34-36-39-42-45-48-51-54-57-60-63-66-72(75)78-69-70(68-77-71(74)65-62-59-56-53-50-47-44-41-38-33-30-27-24-21-18-15-12-9-6-3)79-73(76)67-64-61-58-55-52-49-46-43-40-37-35-32-29-26-23-20-17-14-11-8-5-2/h7,10,16,18-19,21,25,27-28,30,34,36,38,41-42,45,51,54,70H,4-6,8-9,11-15,17,20,22-24,26,29,31-33,35,37,39-40,43-44,46-50,52-53,55-69H2,1-3H3/b10-7-,19-16-,21-18-,28-25-,30-27-,36-34-,41-38-,45-42-,54-51-. The Hall–Kier alpha value is -3.93. The van der Waals surface area contributed by atoms with Crippen LogP contribution in [0.4, 0.5) is 0 Å². The Morgan fingerprint density at radius 1 is 0.266 bits per heavy atom. The summed E-state index contributed by atoms with van der Waals surface area (Å²) in [6, 6.07) is 0. The average molecular weight is 1100 g/mol. The largest absolute Gasteiger partial charge is 0.462 e. The van der Waals surface area contributed by atoms with Gasteiger partial charge in [-0.1, -0.05) is 297 Å². The Morgan fingerprint density at radius 2 is 0.494 bits per heavy atom. The average Bonchev–Trinajstić information content (AvgIpc) is 3.45. The second kappa shape index (κ2) is 66.6. The van der Waals surface area contributed by atoms with Crippen LogP contribution < -0.4 is 0 Å². The Morgan fingerprint density at radius 3 is 0.823 bits per heavy atom. The van der Waals surface area contributed by atoms with E-state index in [1.165, 1.54) is 161 Å². The van der Waals surface area contributed by atoms with E-state index in [-0.39, 0.29) is 31.1 Å². The molecule has 0 bridgehead atoms. The molecule has 0 aliphatic heterocycles. The molecular weight excluding hydrogens is 973 g/mol. The molecule has 6 heteroatoms. The van der Waals surface area contributed by atoms with Crippen molar-refractivity contribution < 1.29 is 28.6 Å². The van der Waals surface area contributed by atoms with Gasteiger partial charge in [-0.05, 0) is 109 Å². The number of rotatable bonds is 60. The highest BCUT2D eigenvalue weighted by Gasteiger charge is 2.19. The predicted octanol–water partition coefficient (Wildman–Crippen LogP) is 23.0. The molecule has 0 aromatic heterocycles. The van der Waals surface area contributed by atoms with Gasteiger partial charge in [0, 0.05) is 19.3 Å². The van der Waals surface area contributed by atoms with E-state index in [0.29, 0.717) is 19.3 Å². The first-order chi connectivity index (χ1) is 39.0. The van der Waals surface area contributed by atoms with Gasteiger partial charge in [0.2, 0.25) is 0 Å². The third-order valence-corrected chi connectivity index (χ3v) is 14.3. The number of esters is 3. The summed E-state index contributed by atoms with van der Waals surface area (Å²) < 4.78 is 16.9. The molecule has 0 amide bonds. The van der Waals surface area contributed by atoms with Crippen molar-refractivity contribution in [1.82, 2.24) is 0 Å². The van der Waals surface area contributed by atoms with E-state index in [9.17, 15) is 14.4 Å². The van der Waals surface area contributed by atoms with Gasteiger partial charge in [-0.3, -0.25) is 14.4 Å². The molecule has 452 valence electrons. The minimum atomic E-state index is -0.804. The molecule has 0 spiro atoms. The second-order valence-corrected chi connectivity index (χ2v) is 22.0. The highest BCUT2D eigenvalue weighted by atomic mass is 16.6. The molecule has 0 aliphatic carbocycles. The lowest BCUT2D eigenvalue weighted by Gasteiger charge is -2.18. The van der Waals surface area contributed by atoms with E-state index in [0.717, 1.165) is 116 Å². The zero-order chi connectivity index (χ0) is 57.1. The van der Waals surface area contributed by atoms with Crippen LogP contribution in [0.5, 0.6) is 0 Å². The lowest BCUT2D eigenvalue weighted by atomic mass is 10.0. The number of hydrogen-bond acceptors (Lipinski definition) is 6. The summed E-state index contributed by atoms with van der Waals surface area (Å²) >= 11 is 0. The summed E-state index contributed by atoms with van der Waals surface area (Å²) in [5.41, 5.74) is 0. The van der Waals surface area contributed by atoms with Crippen LogP contribution in [-0.4, -0.2) is 37.2 Å². The van der Waals surface area contributed by atoms with E-state index in [1.807, 2.05) is 0 Å². The summed E-state index contributed by atoms with van der Waals surface area (Å²) in [5.74, 6) is -0.942. The highest BCUT2D eigenvalue weighted by Crippen LogP contribution is 2.17. The molecule has 0 N–H and O–H groups in total. The maximum Gasteiger partial charge on any atom is 0.306 e. The molecule has 0 fully saturated rings. The number of hydrogen-bond donors (Lipinski definition) is 0. The van der Waals surface area contributed by atoms with Gasteiger partial charge in [-0.25, -0.2) is 0 Å². The first-order valence-corrected chi connectivity index (χ1v) is 33.4. The van der Waals surface area contributed by atoms with E-state index < -0.39 is 6.10 Å². The van der Waals surface area contributed by atoms with Crippen molar-refractivity contribution >= 4 is 17.9 Å². The van der Waals surface area contributed by atoms with Crippen molar-refractivity contribution in [2.75, 3.05) is 13.2 Å². The fourth-order valence-electron chi connectivity index (χ4n) is 9.28. The first-order valence-electron chi connectivity index (χ1n) is 33.4. The maximum absolute atomic E-state index is 12.9. The Kier molecular flexibility index (Phi) is 63.3. The molecule has 0 heterocycles. The summed E-state index contributed by atoms with van der Waals surface area (Å²) in [4.78, 5) is 38.4. The van der Waals surface area contributed by atoms with E-state index in [2.05, 4.69) is 130 Å². The summed E-state index contributed by atoms with van der Waals surface area (Å²) in [7, 11) is 0. The molecule has 0 rings (SSSR count). The van der Waals surface area contributed by atoms with E-state index in [4.69, 9.17) is 14.2 Å². The number of unbranched alkanes of at least 4 members (excludes halogenated alkanes) is 31. The third kappa shape index (κ3) is 64.8. The van der Waals surface area contributed by atoms with Crippen LogP contribution in [-0.2, 0) is 28.6 Å². The van der Waals surface area contributed by atoms with E-state index in [1.54, 1.807) is 0 Å². The summed E-state index contributed by atoms with van der Waals surface area (Å²) in [6.45, 7) is 6.49. The smallest absolute Gasteiger partial charge is 0.306 e. The van der Waals surface area contributed by atoms with Crippen molar-refractivity contribution in [3.05, 3.63) is 109 Å². The summed E-state index contributed by atoms with van der Waals surface area (Å²) in [6.07, 6.45) is 91.0. The normalized spacial score (nSPS) is 12.8. The van der Waals surface area contributed by atoms with Crippen LogP contribution in [0.1, 0.15) is 316 Å². The molecule has 0 saturated heterocycles. The first kappa shape index (κ1) is 75.1. The molecule has 0 aromatic carbocycles. The van der Waals surface area contributed by atoms with E-state index >= 15 is 0 Å². The van der Waals surface area contributed by atoms with Crippen molar-refractivity contribution in [1.29, 1.82) is 0 Å². The summed E-state index contributed by atoms with van der Waals surface area (Å²) in [5, 5.41) is 0. The number of carbonyl (C=O) groups excluding carboxylic acids is 3. The van der Waals surface area contributed by atoms with Gasteiger partial charge < -0.3 is 14.2 Å². The van der Waals surface area contributed by atoms with Crippen LogP contribution in [0.25, 0.3) is 0 Å². The predicted molar refractivity (Wildman–Crippen MR) is 343 cm³/mol. The molecule has 0 saturated carbocycles. The quantitative estimate of drug-likeness (QED) is 0.0261. The zero-order valence-corrected chi connectivity index (χ0v) is 51.9. The topological polar surface area (TPSA) is 78.9 Å². The number of allylic oxidation sites excluding steroid dienone is 18. The van der Waals surface area contributed by atoms with Crippen molar-refractivity contribution in [3.63, 3.8) is 0 Å². The fraction of sp³-hybridized carbons (Fsp3) is 0.712. The SMILES string of the molecule is CC/C=C\C/C=C\C/C=C\C/C=C\C/C=C\C/C=C\CCCCC(=O)OCC(COC(=O)CCCCCCCC/C=C\C/C=C\C/C=C\CCCCC)OC(=O)CCCCCCCCCCCCCCCCCCCCCCC. The van der Waals surface area contributed by atoms with Gasteiger partial charge in [0.25, 0.3) is 0 Å². The molecule has 0 aliphatic rings. The molecular formula is C73H124O6. The van der Waals surface area contributed by atoms with Crippen molar-refractivity contribution in [2.45, 2.75) is 322 Å². The molecule has 79 heavy (non-hydrogen) atoms. The van der Waals surface area contributed by atoms with Gasteiger partial charge >= 0.3 is 17.9 Å². The molecule has 1 atom stereocenters. The van der Waals surface area contributed by atoms with Gasteiger partial charge in [-0.15, -0.1) is 0 Å². The maximum atomic E-state index is 12.9. The third-order valence-electron chi connectivity index (χ3n) is 14.3. The fourth-order valence-corrected chi connectivity index (χ4v) is 9.28. The Balaban J connectivity index is 4.47. The number of carbonyl (C=O) groups is 3. The Bertz CT molecular complexity index is 1590. The molecule has 6 nitrogen and oxygen atoms in total. The minimum absolute atomic E-state index is 0.0979. The monoisotopic (exact) mass is 1100 g/mol. The van der Waals surface area contributed by atoms with Crippen LogP contribution >= 0.6 is 0 Å². The van der Waals surface area contributed by atoms with Crippen LogP contribution in [0.15, 0.2) is 109 Å². The van der Waals surface area contributed by atoms with Gasteiger partial charge in [-0.2, -0.15) is 0 Å². The lowest BCUT2D eigenvalue weighted by molar-refractivity contribution is -0.167. The van der Waals surface area contributed by atoms with Gasteiger partial charge in [0.1, 0.15) is 13.2 Å². The van der Waals surface area contributed by atoms with Crippen LogP contribution in [0.3, 0.4) is 0 Å². The van der Waals surface area contributed by atoms with Crippen molar-refractivity contribution in [2.24, 2.45) is 0 Å².